The van der Waals surface area contributed by atoms with Crippen LogP contribution in [0, 0.1) is 0 Å². The van der Waals surface area contributed by atoms with Crippen LogP contribution in [0.1, 0.15) is 59.1 Å². The summed E-state index contributed by atoms with van der Waals surface area (Å²) in [5.41, 5.74) is 0.462. The van der Waals surface area contributed by atoms with Gasteiger partial charge in [-0.2, -0.15) is 5.10 Å². The van der Waals surface area contributed by atoms with E-state index in [0.29, 0.717) is 13.2 Å². The number of hydrogen-bond donors (Lipinski definition) is 0. The largest absolute Gasteiger partial charge is 0.489 e. The summed E-state index contributed by atoms with van der Waals surface area (Å²) in [6.45, 7) is 7.37. The van der Waals surface area contributed by atoms with Crippen LogP contribution in [-0.4, -0.2) is 65.4 Å². The Morgan fingerprint density at radius 2 is 2.09 bits per heavy atom. The number of nitrogens with zero attached hydrogens (tertiary/aromatic N) is 3. The van der Waals surface area contributed by atoms with E-state index in [4.69, 9.17) is 18.9 Å². The number of carbonyl (C=O) groups excluding carboxylic acids is 1. The van der Waals surface area contributed by atoms with Gasteiger partial charge in [0.2, 0.25) is 0 Å². The van der Waals surface area contributed by atoms with Crippen LogP contribution in [0.15, 0.2) is 22.8 Å². The van der Waals surface area contributed by atoms with Crippen LogP contribution in [0.5, 0.6) is 5.75 Å². The molecule has 1 saturated carbocycles. The summed E-state index contributed by atoms with van der Waals surface area (Å²) in [6.07, 6.45) is 6.24. The predicted molar refractivity (Wildman–Crippen MR) is 129 cm³/mol. The fourth-order valence-electron chi connectivity index (χ4n) is 4.33. The average Bonchev–Trinajstić information content (AvgIpc) is 3.15. The number of halogens is 1. The van der Waals surface area contributed by atoms with Gasteiger partial charge in [-0.15, -0.1) is 0 Å². The minimum absolute atomic E-state index is 0.0225. The Morgan fingerprint density at radius 3 is 2.76 bits per heavy atom. The third kappa shape index (κ3) is 5.81. The molecule has 1 atom stereocenters. The first kappa shape index (κ1) is 24.3. The molecular formula is C24H34BrN3O5. The summed E-state index contributed by atoms with van der Waals surface area (Å²) < 4.78 is 26.0. The van der Waals surface area contributed by atoms with Crippen LogP contribution in [0.25, 0.3) is 10.9 Å². The maximum absolute atomic E-state index is 12.7. The third-order valence-electron chi connectivity index (χ3n) is 6.04. The standard InChI is InChI=1S/C24H34BrN3O5/c1-24(2,3)33-23(29)27(8-10-30-4)17-13-18(14-17)32-21-12-16(25)11-20-19(21)15-26-28(20)22-7-5-6-9-31-22/h11-12,15,17-18,22H,5-10,13-14H2,1-4H3/t17-,18-,22?. The van der Waals surface area contributed by atoms with Gasteiger partial charge in [0, 0.05) is 43.6 Å². The first-order valence-electron chi connectivity index (χ1n) is 11.7. The molecule has 1 aliphatic carbocycles. The lowest BCUT2D eigenvalue weighted by atomic mass is 9.88. The summed E-state index contributed by atoms with van der Waals surface area (Å²) in [6, 6.07) is 4.12. The number of hydrogen-bond acceptors (Lipinski definition) is 6. The van der Waals surface area contributed by atoms with Gasteiger partial charge in [0.15, 0.2) is 6.23 Å². The zero-order chi connectivity index (χ0) is 23.6. The molecule has 4 rings (SSSR count). The first-order valence-corrected chi connectivity index (χ1v) is 12.5. The van der Waals surface area contributed by atoms with Gasteiger partial charge in [-0.3, -0.25) is 0 Å². The predicted octanol–water partition coefficient (Wildman–Crippen LogP) is 5.29. The molecule has 2 aromatic rings. The van der Waals surface area contributed by atoms with E-state index in [9.17, 15) is 4.79 Å². The lowest BCUT2D eigenvalue weighted by Gasteiger charge is -2.42. The molecule has 1 amide bonds. The Bertz CT molecular complexity index is 961. The maximum Gasteiger partial charge on any atom is 0.410 e. The second-order valence-electron chi connectivity index (χ2n) is 9.78. The molecule has 0 spiro atoms. The van der Waals surface area contributed by atoms with Gasteiger partial charge in [-0.05, 0) is 52.2 Å². The molecule has 9 heteroatoms. The lowest BCUT2D eigenvalue weighted by molar-refractivity contribution is -0.0366. The van der Waals surface area contributed by atoms with Crippen molar-refractivity contribution in [2.45, 2.75) is 76.9 Å². The van der Waals surface area contributed by atoms with Crippen molar-refractivity contribution in [3.63, 3.8) is 0 Å². The molecule has 0 radical (unpaired) electrons. The van der Waals surface area contributed by atoms with Gasteiger partial charge in [0.05, 0.1) is 23.7 Å². The number of carbonyl (C=O) groups is 1. The highest BCUT2D eigenvalue weighted by Crippen LogP contribution is 2.37. The Labute approximate surface area is 203 Å². The van der Waals surface area contributed by atoms with E-state index < -0.39 is 5.60 Å². The van der Waals surface area contributed by atoms with E-state index in [1.807, 2.05) is 37.7 Å². The molecule has 1 unspecified atom stereocenters. The summed E-state index contributed by atoms with van der Waals surface area (Å²) in [4.78, 5) is 14.5. The SMILES string of the molecule is COCCN(C(=O)OC(C)(C)C)[C@H]1C[C@H](Oc2cc(Br)cc3c2cnn3C2CCCCO2)C1. The molecule has 1 aliphatic heterocycles. The number of rotatable bonds is 7. The fraction of sp³-hybridized carbons (Fsp3) is 0.667. The molecule has 2 heterocycles. The topological polar surface area (TPSA) is 75.0 Å². The number of methoxy groups -OCH3 is 1. The van der Waals surface area contributed by atoms with E-state index in [-0.39, 0.29) is 24.5 Å². The highest BCUT2D eigenvalue weighted by molar-refractivity contribution is 9.10. The highest BCUT2D eigenvalue weighted by atomic mass is 79.9. The molecule has 2 fully saturated rings. The smallest absolute Gasteiger partial charge is 0.410 e. The fourth-order valence-corrected chi connectivity index (χ4v) is 4.75. The van der Waals surface area contributed by atoms with Crippen LogP contribution in [0.2, 0.25) is 0 Å². The number of benzene rings is 1. The van der Waals surface area contributed by atoms with Crippen molar-refractivity contribution < 1.29 is 23.7 Å². The highest BCUT2D eigenvalue weighted by Gasteiger charge is 2.39. The molecular weight excluding hydrogens is 490 g/mol. The van der Waals surface area contributed by atoms with E-state index in [0.717, 1.165) is 59.8 Å². The Balaban J connectivity index is 1.44. The Morgan fingerprint density at radius 1 is 1.30 bits per heavy atom. The van der Waals surface area contributed by atoms with E-state index in [1.165, 1.54) is 0 Å². The number of amides is 1. The molecule has 1 saturated heterocycles. The van der Waals surface area contributed by atoms with Crippen LogP contribution in [0.3, 0.4) is 0 Å². The molecule has 8 nitrogen and oxygen atoms in total. The summed E-state index contributed by atoms with van der Waals surface area (Å²) in [5.74, 6) is 0.797. The van der Waals surface area contributed by atoms with Crippen molar-refractivity contribution in [2.75, 3.05) is 26.9 Å². The van der Waals surface area contributed by atoms with Crippen molar-refractivity contribution in [3.05, 3.63) is 22.8 Å². The van der Waals surface area contributed by atoms with E-state index in [2.05, 4.69) is 27.1 Å². The summed E-state index contributed by atoms with van der Waals surface area (Å²) in [7, 11) is 1.64. The normalized spacial score (nSPS) is 23.2. The van der Waals surface area contributed by atoms with Gasteiger partial charge < -0.3 is 23.8 Å². The van der Waals surface area contributed by atoms with Gasteiger partial charge in [0.25, 0.3) is 0 Å². The number of fused-ring (bicyclic) bond motifs is 1. The van der Waals surface area contributed by atoms with Crippen molar-refractivity contribution >= 4 is 32.9 Å². The van der Waals surface area contributed by atoms with Gasteiger partial charge in [-0.1, -0.05) is 15.9 Å². The maximum atomic E-state index is 12.7. The van der Waals surface area contributed by atoms with Crippen molar-refractivity contribution in [3.8, 4) is 5.75 Å². The van der Waals surface area contributed by atoms with E-state index in [1.54, 1.807) is 12.0 Å². The van der Waals surface area contributed by atoms with Gasteiger partial charge in [-0.25, -0.2) is 9.48 Å². The monoisotopic (exact) mass is 523 g/mol. The third-order valence-corrected chi connectivity index (χ3v) is 6.50. The molecule has 182 valence electrons. The lowest BCUT2D eigenvalue weighted by Crippen LogP contribution is -2.53. The minimum atomic E-state index is -0.536. The van der Waals surface area contributed by atoms with Gasteiger partial charge >= 0.3 is 6.09 Å². The van der Waals surface area contributed by atoms with Crippen molar-refractivity contribution in [1.82, 2.24) is 14.7 Å². The summed E-state index contributed by atoms with van der Waals surface area (Å²) in [5, 5.41) is 5.59. The molecule has 1 aromatic carbocycles. The average molecular weight is 524 g/mol. The molecule has 33 heavy (non-hydrogen) atoms. The Hall–Kier alpha value is -1.84. The number of aromatic nitrogens is 2. The molecule has 0 bridgehead atoms. The molecule has 0 N–H and O–H groups in total. The first-order chi connectivity index (χ1) is 15.7. The minimum Gasteiger partial charge on any atom is -0.489 e. The van der Waals surface area contributed by atoms with Crippen LogP contribution >= 0.6 is 15.9 Å². The van der Waals surface area contributed by atoms with Crippen LogP contribution in [0.4, 0.5) is 4.79 Å². The van der Waals surface area contributed by atoms with Gasteiger partial charge in [0.1, 0.15) is 17.5 Å². The molecule has 1 aromatic heterocycles. The second-order valence-corrected chi connectivity index (χ2v) is 10.7. The Kier molecular flexibility index (Phi) is 7.50. The zero-order valence-corrected chi connectivity index (χ0v) is 21.5. The second kappa shape index (κ2) is 10.2. The van der Waals surface area contributed by atoms with Crippen molar-refractivity contribution in [1.29, 1.82) is 0 Å². The quantitative estimate of drug-likeness (QED) is 0.490. The number of ether oxygens (including phenoxy) is 4. The zero-order valence-electron chi connectivity index (χ0n) is 19.9. The van der Waals surface area contributed by atoms with Crippen LogP contribution in [-0.2, 0) is 14.2 Å². The van der Waals surface area contributed by atoms with Crippen LogP contribution < -0.4 is 4.74 Å². The van der Waals surface area contributed by atoms with Crippen molar-refractivity contribution in [2.24, 2.45) is 0 Å². The summed E-state index contributed by atoms with van der Waals surface area (Å²) >= 11 is 3.62. The molecule has 2 aliphatic rings. The van der Waals surface area contributed by atoms with E-state index >= 15 is 0 Å².